The number of rotatable bonds is 3. The molecule has 0 radical (unpaired) electrons. The highest BCUT2D eigenvalue weighted by Gasteiger charge is 2.17. The van der Waals surface area contributed by atoms with Crippen LogP contribution in [0.2, 0.25) is 0 Å². The smallest absolute Gasteiger partial charge is 0.164 e. The number of nitrogens with two attached hydrogens (primary N) is 1. The van der Waals surface area contributed by atoms with E-state index in [1.807, 2.05) is 19.1 Å². The Morgan fingerprint density at radius 1 is 1.41 bits per heavy atom. The van der Waals surface area contributed by atoms with Gasteiger partial charge in [-0.25, -0.2) is 0 Å². The summed E-state index contributed by atoms with van der Waals surface area (Å²) in [5.74, 6) is 0.138. The number of carbonyl (C=O) groups excluding carboxylic acids is 1. The monoisotopic (exact) mass is 234 g/mol. The van der Waals surface area contributed by atoms with Gasteiger partial charge in [0.05, 0.1) is 13.2 Å². The third-order valence-electron chi connectivity index (χ3n) is 2.99. The number of ketones is 1. The Balaban J connectivity index is 2.34. The number of carbonyl (C=O) groups is 1. The maximum Gasteiger partial charge on any atom is 0.164 e. The van der Waals surface area contributed by atoms with Crippen molar-refractivity contribution in [1.29, 1.82) is 0 Å². The van der Waals surface area contributed by atoms with Gasteiger partial charge in [0, 0.05) is 36.4 Å². The summed E-state index contributed by atoms with van der Waals surface area (Å²) in [7, 11) is 0. The molecule has 92 valence electrons. The first kappa shape index (κ1) is 11.9. The molecular formula is C13H18N2O2. The van der Waals surface area contributed by atoms with Crippen LogP contribution in [0.3, 0.4) is 0 Å². The van der Waals surface area contributed by atoms with E-state index in [1.165, 1.54) is 0 Å². The summed E-state index contributed by atoms with van der Waals surface area (Å²) in [5.41, 5.74) is 8.10. The van der Waals surface area contributed by atoms with Gasteiger partial charge in [0.15, 0.2) is 5.78 Å². The van der Waals surface area contributed by atoms with Gasteiger partial charge in [-0.2, -0.15) is 0 Å². The Morgan fingerprint density at radius 2 is 2.12 bits per heavy atom. The second-order valence-corrected chi connectivity index (χ2v) is 4.15. The number of morpholine rings is 1. The van der Waals surface area contributed by atoms with Crippen LogP contribution in [0.25, 0.3) is 0 Å². The Hall–Kier alpha value is -1.55. The van der Waals surface area contributed by atoms with Crippen LogP contribution in [0.4, 0.5) is 11.4 Å². The summed E-state index contributed by atoms with van der Waals surface area (Å²) in [6.45, 7) is 4.95. The van der Waals surface area contributed by atoms with Crippen molar-refractivity contribution in [3.05, 3.63) is 23.8 Å². The third-order valence-corrected chi connectivity index (χ3v) is 2.99. The lowest BCUT2D eigenvalue weighted by Crippen LogP contribution is -2.37. The van der Waals surface area contributed by atoms with Gasteiger partial charge < -0.3 is 15.4 Å². The Bertz CT molecular complexity index is 412. The van der Waals surface area contributed by atoms with E-state index in [0.717, 1.165) is 24.3 Å². The maximum absolute atomic E-state index is 11.9. The van der Waals surface area contributed by atoms with Crippen LogP contribution in [-0.2, 0) is 4.74 Å². The number of anilines is 2. The zero-order valence-electron chi connectivity index (χ0n) is 10.1. The molecule has 0 spiro atoms. The number of ether oxygens (including phenoxy) is 1. The first-order chi connectivity index (χ1) is 8.22. The van der Waals surface area contributed by atoms with E-state index in [9.17, 15) is 4.79 Å². The van der Waals surface area contributed by atoms with Crippen LogP contribution < -0.4 is 10.6 Å². The molecule has 0 amide bonds. The van der Waals surface area contributed by atoms with E-state index in [4.69, 9.17) is 10.5 Å². The predicted molar refractivity (Wildman–Crippen MR) is 68.5 cm³/mol. The molecule has 1 aliphatic rings. The summed E-state index contributed by atoms with van der Waals surface area (Å²) in [6, 6.07) is 5.55. The summed E-state index contributed by atoms with van der Waals surface area (Å²) < 4.78 is 5.32. The molecule has 0 aromatic heterocycles. The molecule has 0 aliphatic carbocycles. The number of hydrogen-bond donors (Lipinski definition) is 1. The Labute approximate surface area is 101 Å². The van der Waals surface area contributed by atoms with Crippen LogP contribution >= 0.6 is 0 Å². The molecule has 0 saturated carbocycles. The van der Waals surface area contributed by atoms with Crippen LogP contribution in [0, 0.1) is 0 Å². The number of nitrogen functional groups attached to an aromatic ring is 1. The minimum Gasteiger partial charge on any atom is -0.399 e. The molecule has 0 atom stereocenters. The van der Waals surface area contributed by atoms with Gasteiger partial charge >= 0.3 is 0 Å². The Kier molecular flexibility index (Phi) is 3.64. The molecule has 2 rings (SSSR count). The molecule has 1 saturated heterocycles. The molecular weight excluding hydrogens is 216 g/mol. The fraction of sp³-hybridized carbons (Fsp3) is 0.462. The van der Waals surface area contributed by atoms with Crippen molar-refractivity contribution < 1.29 is 9.53 Å². The number of nitrogens with zero attached hydrogens (tertiary/aromatic N) is 1. The molecule has 1 aliphatic heterocycles. The molecule has 1 aromatic rings. The lowest BCUT2D eigenvalue weighted by Gasteiger charge is -2.30. The molecule has 1 aromatic carbocycles. The van der Waals surface area contributed by atoms with E-state index in [0.29, 0.717) is 25.3 Å². The fourth-order valence-corrected chi connectivity index (χ4v) is 2.05. The lowest BCUT2D eigenvalue weighted by atomic mass is 10.0. The van der Waals surface area contributed by atoms with Crippen molar-refractivity contribution in [3.63, 3.8) is 0 Å². The molecule has 17 heavy (non-hydrogen) atoms. The highest BCUT2D eigenvalue weighted by atomic mass is 16.5. The largest absolute Gasteiger partial charge is 0.399 e. The third kappa shape index (κ3) is 2.58. The van der Waals surface area contributed by atoms with E-state index in [2.05, 4.69) is 4.90 Å². The molecule has 1 fully saturated rings. The van der Waals surface area contributed by atoms with Gasteiger partial charge in [0.1, 0.15) is 0 Å². The van der Waals surface area contributed by atoms with Crippen molar-refractivity contribution in [1.82, 2.24) is 0 Å². The van der Waals surface area contributed by atoms with E-state index >= 15 is 0 Å². The van der Waals surface area contributed by atoms with Gasteiger partial charge in [-0.3, -0.25) is 4.79 Å². The molecule has 0 bridgehead atoms. The number of Topliss-reactive ketones (excluding diaryl/α,β-unsaturated/α-hetero) is 1. The van der Waals surface area contributed by atoms with Crippen LogP contribution in [0.1, 0.15) is 23.7 Å². The molecule has 4 heteroatoms. The summed E-state index contributed by atoms with van der Waals surface area (Å²) >= 11 is 0. The SMILES string of the molecule is CCC(=O)c1cc(N)ccc1N1CCOCC1. The summed E-state index contributed by atoms with van der Waals surface area (Å²) in [6.07, 6.45) is 0.501. The average Bonchev–Trinajstić information content (AvgIpc) is 2.38. The average molecular weight is 234 g/mol. The number of hydrogen-bond acceptors (Lipinski definition) is 4. The van der Waals surface area contributed by atoms with Crippen LogP contribution in [-0.4, -0.2) is 32.1 Å². The highest BCUT2D eigenvalue weighted by molar-refractivity contribution is 6.02. The van der Waals surface area contributed by atoms with Crippen molar-refractivity contribution in [3.8, 4) is 0 Å². The van der Waals surface area contributed by atoms with E-state index < -0.39 is 0 Å². The first-order valence-corrected chi connectivity index (χ1v) is 5.97. The first-order valence-electron chi connectivity index (χ1n) is 5.97. The van der Waals surface area contributed by atoms with E-state index in [1.54, 1.807) is 6.07 Å². The molecule has 0 unspecified atom stereocenters. The van der Waals surface area contributed by atoms with Gasteiger partial charge in [0.25, 0.3) is 0 Å². The summed E-state index contributed by atoms with van der Waals surface area (Å²) in [4.78, 5) is 14.1. The topological polar surface area (TPSA) is 55.6 Å². The van der Waals surface area contributed by atoms with Crippen LogP contribution in [0.5, 0.6) is 0 Å². The van der Waals surface area contributed by atoms with Crippen molar-refractivity contribution in [2.45, 2.75) is 13.3 Å². The minimum atomic E-state index is 0.138. The van der Waals surface area contributed by atoms with Crippen LogP contribution in [0.15, 0.2) is 18.2 Å². The van der Waals surface area contributed by atoms with E-state index in [-0.39, 0.29) is 5.78 Å². The summed E-state index contributed by atoms with van der Waals surface area (Å²) in [5, 5.41) is 0. The molecule has 2 N–H and O–H groups in total. The normalized spacial score (nSPS) is 15.9. The standard InChI is InChI=1S/C13H18N2O2/c1-2-13(16)11-9-10(14)3-4-12(11)15-5-7-17-8-6-15/h3-4,9H,2,5-8,14H2,1H3. The zero-order valence-corrected chi connectivity index (χ0v) is 10.1. The maximum atomic E-state index is 11.9. The minimum absolute atomic E-state index is 0.138. The van der Waals surface area contributed by atoms with Gasteiger partial charge in [-0.15, -0.1) is 0 Å². The Morgan fingerprint density at radius 3 is 2.76 bits per heavy atom. The highest BCUT2D eigenvalue weighted by Crippen LogP contribution is 2.25. The lowest BCUT2D eigenvalue weighted by molar-refractivity contribution is 0.0986. The zero-order chi connectivity index (χ0) is 12.3. The fourth-order valence-electron chi connectivity index (χ4n) is 2.05. The van der Waals surface area contributed by atoms with Gasteiger partial charge in [0.2, 0.25) is 0 Å². The van der Waals surface area contributed by atoms with Crippen molar-refractivity contribution >= 4 is 17.2 Å². The van der Waals surface area contributed by atoms with Crippen molar-refractivity contribution in [2.75, 3.05) is 36.9 Å². The van der Waals surface area contributed by atoms with Gasteiger partial charge in [-0.1, -0.05) is 6.92 Å². The second kappa shape index (κ2) is 5.19. The number of benzene rings is 1. The molecule has 1 heterocycles. The van der Waals surface area contributed by atoms with Gasteiger partial charge in [-0.05, 0) is 18.2 Å². The molecule has 4 nitrogen and oxygen atoms in total. The second-order valence-electron chi connectivity index (χ2n) is 4.15. The predicted octanol–water partition coefficient (Wildman–Crippen LogP) is 1.70. The quantitative estimate of drug-likeness (QED) is 0.639. The van der Waals surface area contributed by atoms with Crippen molar-refractivity contribution in [2.24, 2.45) is 0 Å².